The number of halogens is 4. The summed E-state index contributed by atoms with van der Waals surface area (Å²) < 4.78 is 87.9. The van der Waals surface area contributed by atoms with E-state index in [-0.39, 0.29) is 18.8 Å². The van der Waals surface area contributed by atoms with Crippen molar-refractivity contribution in [3.05, 3.63) is 65.7 Å². The number of anilines is 1. The molecule has 0 atom stereocenters. The van der Waals surface area contributed by atoms with Crippen LogP contribution in [0, 0.1) is 0 Å². The van der Waals surface area contributed by atoms with Crippen molar-refractivity contribution < 1.29 is 30.7 Å². The van der Waals surface area contributed by atoms with Gasteiger partial charge in [0.25, 0.3) is 0 Å². The van der Waals surface area contributed by atoms with Crippen LogP contribution >= 0.6 is 0 Å². The quantitative estimate of drug-likeness (QED) is 0.248. The maximum absolute atomic E-state index is 16.2. The van der Waals surface area contributed by atoms with E-state index in [0.717, 1.165) is 17.7 Å². The molecule has 36 heavy (non-hydrogen) atoms. The predicted molar refractivity (Wildman–Crippen MR) is 129 cm³/mol. The second-order valence-electron chi connectivity index (χ2n) is 8.69. The fourth-order valence-corrected chi connectivity index (χ4v) is 5.60. The molecule has 2 aliphatic heterocycles. The summed E-state index contributed by atoms with van der Waals surface area (Å²) in [5.74, 6) is -2.39. The lowest BCUT2D eigenvalue weighted by molar-refractivity contribution is -0.137. The van der Waals surface area contributed by atoms with Crippen LogP contribution in [0.25, 0.3) is 0 Å². The molecule has 0 bridgehead atoms. The predicted octanol–water partition coefficient (Wildman–Crippen LogP) is 3.73. The van der Waals surface area contributed by atoms with Crippen molar-refractivity contribution in [2.75, 3.05) is 49.5 Å². The van der Waals surface area contributed by atoms with Gasteiger partial charge in [0.2, 0.25) is 15.8 Å². The Morgan fingerprint density at radius 1 is 1.06 bits per heavy atom. The van der Waals surface area contributed by atoms with Gasteiger partial charge in [0, 0.05) is 13.1 Å². The van der Waals surface area contributed by atoms with Gasteiger partial charge in [-0.3, -0.25) is 0 Å². The zero-order valence-electron chi connectivity index (χ0n) is 19.8. The van der Waals surface area contributed by atoms with Gasteiger partial charge in [-0.15, -0.1) is 0 Å². The van der Waals surface area contributed by atoms with Crippen LogP contribution in [0.5, 0.6) is 0 Å². The molecule has 0 spiro atoms. The minimum Gasteiger partial charge on any atom is -0.378 e. The topological polar surface area (TPSA) is 65.5 Å². The number of likely N-dealkylation sites (tertiary alicyclic amines) is 1. The molecule has 0 unspecified atom stereocenters. The molecule has 2 aromatic carbocycles. The molecule has 196 valence electrons. The molecule has 0 aromatic heterocycles. The van der Waals surface area contributed by atoms with E-state index in [0.29, 0.717) is 49.2 Å². The van der Waals surface area contributed by atoms with Gasteiger partial charge in [0.15, 0.2) is 5.96 Å². The molecule has 7 nitrogen and oxygen atoms in total. The molecular formula is C24H28F4N4O3S. The molecule has 0 N–H and O–H groups in total. The number of alkyl halides is 4. The number of aliphatic imine (C=N–C) groups is 1. The van der Waals surface area contributed by atoms with Gasteiger partial charge in [0.05, 0.1) is 49.9 Å². The van der Waals surface area contributed by atoms with Crippen LogP contribution in [0.3, 0.4) is 0 Å². The number of ether oxygens (including phenoxy) is 1. The van der Waals surface area contributed by atoms with Crippen molar-refractivity contribution in [3.8, 4) is 0 Å². The van der Waals surface area contributed by atoms with Gasteiger partial charge in [-0.05, 0) is 30.7 Å². The molecule has 12 heteroatoms. The Balaban J connectivity index is 1.63. The Kier molecular flexibility index (Phi) is 7.46. The van der Waals surface area contributed by atoms with Crippen molar-refractivity contribution in [1.29, 1.82) is 0 Å². The molecular weight excluding hydrogens is 500 g/mol. The third kappa shape index (κ3) is 5.59. The van der Waals surface area contributed by atoms with Gasteiger partial charge in [-0.25, -0.2) is 22.1 Å². The first-order valence-electron chi connectivity index (χ1n) is 11.6. The highest BCUT2D eigenvalue weighted by Gasteiger charge is 2.54. The molecule has 0 saturated carbocycles. The number of hydrogen-bond donors (Lipinski definition) is 0. The molecule has 0 amide bonds. The summed E-state index contributed by atoms with van der Waals surface area (Å²) in [5.41, 5.74) is -0.452. The standard InChI is InChI=1S/C24H28F4N4O3S/c1-2-36(33,34)32(21-10-6-9-20(15-21)24(26,27)28)23(25)17-31(18-23)22(30-11-13-35-14-12-30)29-16-19-7-4-3-5-8-19/h3-10,15H,2,11-14,16-18H2,1H3/b29-22-. The van der Waals surface area contributed by atoms with Crippen LogP contribution < -0.4 is 4.31 Å². The number of benzene rings is 2. The van der Waals surface area contributed by atoms with Crippen LogP contribution in [-0.2, 0) is 27.5 Å². The minimum atomic E-state index is -4.69. The summed E-state index contributed by atoms with van der Waals surface area (Å²) in [4.78, 5) is 8.27. The van der Waals surface area contributed by atoms with E-state index in [1.807, 2.05) is 35.2 Å². The van der Waals surface area contributed by atoms with Crippen LogP contribution in [0.4, 0.5) is 23.2 Å². The molecule has 2 aliphatic rings. The van der Waals surface area contributed by atoms with E-state index in [2.05, 4.69) is 0 Å². The average molecular weight is 529 g/mol. The summed E-state index contributed by atoms with van der Waals surface area (Å²) in [6.07, 6.45) is -4.69. The fraction of sp³-hybridized carbons (Fsp3) is 0.458. The van der Waals surface area contributed by atoms with Gasteiger partial charge in [-0.1, -0.05) is 36.4 Å². The number of nitrogens with zero attached hydrogens (tertiary/aromatic N) is 4. The fourth-order valence-electron chi connectivity index (χ4n) is 4.30. The van der Waals surface area contributed by atoms with Crippen LogP contribution in [0.1, 0.15) is 18.1 Å². The maximum Gasteiger partial charge on any atom is 0.416 e. The SMILES string of the molecule is CCS(=O)(=O)N(c1cccc(C(F)(F)F)c1)C1(F)CN(/C(=N\Cc2ccccc2)N2CCOCC2)C1. The zero-order chi connectivity index (χ0) is 26.0. The van der Waals surface area contributed by atoms with Gasteiger partial charge >= 0.3 is 6.18 Å². The van der Waals surface area contributed by atoms with E-state index in [9.17, 15) is 21.6 Å². The van der Waals surface area contributed by atoms with Gasteiger partial charge < -0.3 is 14.5 Å². The summed E-state index contributed by atoms with van der Waals surface area (Å²) >= 11 is 0. The second-order valence-corrected chi connectivity index (χ2v) is 10.8. The average Bonchev–Trinajstić information content (AvgIpc) is 2.84. The third-order valence-electron chi connectivity index (χ3n) is 6.10. The van der Waals surface area contributed by atoms with Gasteiger partial charge in [0.1, 0.15) is 0 Å². The van der Waals surface area contributed by atoms with Crippen molar-refractivity contribution >= 4 is 21.7 Å². The largest absolute Gasteiger partial charge is 0.416 e. The molecule has 2 fully saturated rings. The number of rotatable bonds is 6. The number of guanidine groups is 1. The highest BCUT2D eigenvalue weighted by atomic mass is 32.2. The highest BCUT2D eigenvalue weighted by Crippen LogP contribution is 2.39. The van der Waals surface area contributed by atoms with E-state index < -0.39 is 33.3 Å². The van der Waals surface area contributed by atoms with Crippen LogP contribution in [-0.4, -0.2) is 75.1 Å². The highest BCUT2D eigenvalue weighted by molar-refractivity contribution is 7.92. The first-order chi connectivity index (χ1) is 17.0. The minimum absolute atomic E-state index is 0.341. The van der Waals surface area contributed by atoms with Crippen molar-refractivity contribution in [1.82, 2.24) is 9.80 Å². The molecule has 0 radical (unpaired) electrons. The van der Waals surface area contributed by atoms with Crippen molar-refractivity contribution in [2.45, 2.75) is 25.4 Å². The monoisotopic (exact) mass is 528 g/mol. The van der Waals surface area contributed by atoms with E-state index in [1.54, 1.807) is 4.90 Å². The Hall–Kier alpha value is -2.86. The van der Waals surface area contributed by atoms with Crippen LogP contribution in [0.2, 0.25) is 0 Å². The maximum atomic E-state index is 16.2. The Labute approximate surface area is 208 Å². The Morgan fingerprint density at radius 2 is 1.72 bits per heavy atom. The normalized spacial score (nSPS) is 18.6. The number of sulfonamides is 1. The van der Waals surface area contributed by atoms with E-state index in [4.69, 9.17) is 9.73 Å². The molecule has 0 aliphatic carbocycles. The Morgan fingerprint density at radius 3 is 2.33 bits per heavy atom. The first-order valence-corrected chi connectivity index (χ1v) is 13.2. The van der Waals surface area contributed by atoms with Crippen LogP contribution in [0.15, 0.2) is 59.6 Å². The first kappa shape index (κ1) is 26.2. The van der Waals surface area contributed by atoms with Gasteiger partial charge in [-0.2, -0.15) is 13.2 Å². The number of hydrogen-bond acceptors (Lipinski definition) is 4. The Bertz CT molecular complexity index is 1180. The summed E-state index contributed by atoms with van der Waals surface area (Å²) in [6, 6.07) is 13.2. The van der Waals surface area contributed by atoms with E-state index in [1.165, 1.54) is 13.0 Å². The summed E-state index contributed by atoms with van der Waals surface area (Å²) in [7, 11) is -4.23. The molecule has 2 heterocycles. The third-order valence-corrected chi connectivity index (χ3v) is 7.93. The lowest BCUT2D eigenvalue weighted by Crippen LogP contribution is -2.72. The lowest BCUT2D eigenvalue weighted by Gasteiger charge is -2.52. The summed E-state index contributed by atoms with van der Waals surface area (Å²) in [5, 5.41) is 0. The summed E-state index contributed by atoms with van der Waals surface area (Å²) in [6.45, 7) is 2.95. The van der Waals surface area contributed by atoms with Crippen molar-refractivity contribution in [2.24, 2.45) is 4.99 Å². The van der Waals surface area contributed by atoms with Crippen molar-refractivity contribution in [3.63, 3.8) is 0 Å². The molecule has 2 saturated heterocycles. The zero-order valence-corrected chi connectivity index (χ0v) is 20.6. The smallest absolute Gasteiger partial charge is 0.378 e. The molecule has 2 aromatic rings. The second kappa shape index (κ2) is 10.3. The lowest BCUT2D eigenvalue weighted by atomic mass is 10.1. The van der Waals surface area contributed by atoms with E-state index >= 15 is 4.39 Å². The number of morpholine rings is 1. The molecule has 4 rings (SSSR count).